The van der Waals surface area contributed by atoms with Gasteiger partial charge < -0.3 is 9.84 Å². The van der Waals surface area contributed by atoms with E-state index in [-0.39, 0.29) is 17.4 Å². The Kier molecular flexibility index (Phi) is 5.76. The van der Waals surface area contributed by atoms with E-state index in [1.165, 1.54) is 5.56 Å². The van der Waals surface area contributed by atoms with E-state index < -0.39 is 23.2 Å². The van der Waals surface area contributed by atoms with Crippen LogP contribution in [0.25, 0.3) is 0 Å². The average Bonchev–Trinajstić information content (AvgIpc) is 3.37. The molecule has 1 saturated carbocycles. The zero-order chi connectivity index (χ0) is 25.3. The number of aliphatic hydroxyl groups excluding tert-OH is 1. The second-order valence-electron chi connectivity index (χ2n) is 13.0. The quantitative estimate of drug-likeness (QED) is 0.462. The van der Waals surface area contributed by atoms with Crippen LogP contribution < -0.4 is 0 Å². The monoisotopic (exact) mass is 476 g/mol. The standard InChI is InChI=1S/C30H40N2O3/c1-17(2)24-22-23(21-20(33)16-29(6,7)27(32-34)25(21)31-24)30(14-8-9-15-30)35-26(22)18-10-12-19(13-11-18)28(3,4)5/h10-13,17,20,26-27,33H,8-9,14-16H2,1-7H3/t20-,26?,27+/m0/s1. The number of nitrogens with zero attached hydrogens (tertiary/aromatic N) is 2. The predicted molar refractivity (Wildman–Crippen MR) is 138 cm³/mol. The van der Waals surface area contributed by atoms with Gasteiger partial charge in [-0.2, -0.15) is 4.91 Å². The molecule has 1 aromatic carbocycles. The number of pyridine rings is 1. The van der Waals surface area contributed by atoms with Crippen LogP contribution in [0.4, 0.5) is 0 Å². The third-order valence-electron chi connectivity index (χ3n) is 8.59. The molecule has 2 heterocycles. The van der Waals surface area contributed by atoms with Gasteiger partial charge in [0.2, 0.25) is 0 Å². The van der Waals surface area contributed by atoms with Crippen LogP contribution in [-0.4, -0.2) is 10.1 Å². The van der Waals surface area contributed by atoms with Crippen LogP contribution in [0.2, 0.25) is 0 Å². The lowest BCUT2D eigenvalue weighted by Crippen LogP contribution is -2.34. The Labute approximate surface area is 209 Å². The van der Waals surface area contributed by atoms with Crippen molar-refractivity contribution in [2.75, 3.05) is 0 Å². The molecule has 1 fully saturated rings. The highest BCUT2D eigenvalue weighted by molar-refractivity contribution is 5.55. The third kappa shape index (κ3) is 3.77. The molecule has 0 saturated heterocycles. The van der Waals surface area contributed by atoms with Gasteiger partial charge in [0.25, 0.3) is 0 Å². The fourth-order valence-corrected chi connectivity index (χ4v) is 6.72. The molecule has 5 rings (SSSR count). The Hall–Kier alpha value is -2.11. The van der Waals surface area contributed by atoms with Crippen LogP contribution >= 0.6 is 0 Å². The van der Waals surface area contributed by atoms with Crippen molar-refractivity contribution in [1.82, 2.24) is 4.98 Å². The van der Waals surface area contributed by atoms with E-state index in [9.17, 15) is 10.0 Å². The molecule has 5 nitrogen and oxygen atoms in total. The maximum Gasteiger partial charge on any atom is 0.139 e. The van der Waals surface area contributed by atoms with Gasteiger partial charge in [0, 0.05) is 16.8 Å². The van der Waals surface area contributed by atoms with Gasteiger partial charge in [-0.3, -0.25) is 4.98 Å². The maximum atomic E-state index is 12.1. The smallest absolute Gasteiger partial charge is 0.139 e. The summed E-state index contributed by atoms with van der Waals surface area (Å²) in [5, 5.41) is 15.1. The minimum absolute atomic E-state index is 0.0805. The van der Waals surface area contributed by atoms with Gasteiger partial charge in [-0.15, -0.1) is 0 Å². The molecule has 3 atom stereocenters. The van der Waals surface area contributed by atoms with E-state index in [0.717, 1.165) is 53.6 Å². The highest BCUT2D eigenvalue weighted by Crippen LogP contribution is 2.61. The molecule has 0 bridgehead atoms. The summed E-state index contributed by atoms with van der Waals surface area (Å²) in [6, 6.07) is 8.24. The van der Waals surface area contributed by atoms with Crippen LogP contribution in [0.5, 0.6) is 0 Å². The summed E-state index contributed by atoms with van der Waals surface area (Å²) in [5.74, 6) is 0.153. The number of fused-ring (bicyclic) bond motifs is 4. The molecule has 5 heteroatoms. The molecule has 2 aliphatic carbocycles. The molecule has 1 N–H and O–H groups in total. The molecule has 1 aliphatic heterocycles. The minimum atomic E-state index is -0.677. The van der Waals surface area contributed by atoms with Crippen molar-refractivity contribution in [2.24, 2.45) is 10.6 Å². The fraction of sp³-hybridized carbons (Fsp3) is 0.633. The summed E-state index contributed by atoms with van der Waals surface area (Å²) in [6.07, 6.45) is 3.65. The van der Waals surface area contributed by atoms with Crippen molar-refractivity contribution < 1.29 is 9.84 Å². The van der Waals surface area contributed by atoms with Crippen molar-refractivity contribution in [3.8, 4) is 0 Å². The van der Waals surface area contributed by atoms with Gasteiger partial charge in [-0.25, -0.2) is 0 Å². The Morgan fingerprint density at radius 2 is 1.71 bits per heavy atom. The van der Waals surface area contributed by atoms with E-state index in [2.05, 4.69) is 64.1 Å². The number of aromatic nitrogens is 1. The van der Waals surface area contributed by atoms with Gasteiger partial charge in [0.15, 0.2) is 0 Å². The van der Waals surface area contributed by atoms with E-state index in [1.807, 2.05) is 13.8 Å². The van der Waals surface area contributed by atoms with Gasteiger partial charge in [-0.05, 0) is 52.7 Å². The van der Waals surface area contributed by atoms with Crippen molar-refractivity contribution in [2.45, 2.75) is 116 Å². The molecule has 2 aromatic rings. The summed E-state index contributed by atoms with van der Waals surface area (Å²) in [5.41, 5.74) is 6.32. The largest absolute Gasteiger partial charge is 0.388 e. The first kappa shape index (κ1) is 24.6. The minimum Gasteiger partial charge on any atom is -0.388 e. The Bertz CT molecular complexity index is 1140. The zero-order valence-corrected chi connectivity index (χ0v) is 22.3. The van der Waals surface area contributed by atoms with Crippen LogP contribution in [0.15, 0.2) is 29.4 Å². The van der Waals surface area contributed by atoms with E-state index in [1.54, 1.807) is 0 Å². The summed E-state index contributed by atoms with van der Waals surface area (Å²) in [7, 11) is 0. The van der Waals surface area contributed by atoms with E-state index >= 15 is 0 Å². The van der Waals surface area contributed by atoms with Gasteiger partial charge >= 0.3 is 0 Å². The SMILES string of the molecule is CC(C)c1nc2c(c3c1C(c1ccc(C(C)(C)C)cc1)OC31CCCC1)[C@@H](O)CC(C)(C)[C@@H]2N=O. The van der Waals surface area contributed by atoms with Crippen molar-refractivity contribution in [3.05, 3.63) is 68.4 Å². The first-order valence-electron chi connectivity index (χ1n) is 13.3. The van der Waals surface area contributed by atoms with Crippen LogP contribution in [0, 0.1) is 10.3 Å². The summed E-state index contributed by atoms with van der Waals surface area (Å²) < 4.78 is 7.06. The molecular weight excluding hydrogens is 436 g/mol. The molecule has 188 valence electrons. The second kappa shape index (κ2) is 8.21. The normalized spacial score (nSPS) is 26.7. The molecule has 0 amide bonds. The molecule has 1 spiro atoms. The van der Waals surface area contributed by atoms with Crippen LogP contribution in [-0.2, 0) is 15.8 Å². The lowest BCUT2D eigenvalue weighted by molar-refractivity contribution is -0.0582. The topological polar surface area (TPSA) is 71.8 Å². The fourth-order valence-electron chi connectivity index (χ4n) is 6.72. The number of nitroso groups, excluding NO2 is 1. The average molecular weight is 477 g/mol. The number of ether oxygens (including phenoxy) is 1. The van der Waals surface area contributed by atoms with Gasteiger partial charge in [0.1, 0.15) is 12.1 Å². The Morgan fingerprint density at radius 1 is 1.09 bits per heavy atom. The maximum absolute atomic E-state index is 12.1. The summed E-state index contributed by atoms with van der Waals surface area (Å²) in [4.78, 5) is 17.3. The number of hydrogen-bond donors (Lipinski definition) is 1. The molecule has 35 heavy (non-hydrogen) atoms. The second-order valence-corrected chi connectivity index (χ2v) is 13.0. The van der Waals surface area contributed by atoms with Gasteiger partial charge in [0.05, 0.1) is 17.4 Å². The van der Waals surface area contributed by atoms with Crippen LogP contribution in [0.3, 0.4) is 0 Å². The van der Waals surface area contributed by atoms with Gasteiger partial charge in [-0.1, -0.05) is 90.8 Å². The van der Waals surface area contributed by atoms with Crippen molar-refractivity contribution in [3.63, 3.8) is 0 Å². The van der Waals surface area contributed by atoms with Crippen LogP contribution in [0.1, 0.15) is 144 Å². The summed E-state index contributed by atoms with van der Waals surface area (Å²) in [6.45, 7) is 15.0. The van der Waals surface area contributed by atoms with Crippen molar-refractivity contribution in [1.29, 1.82) is 0 Å². The number of rotatable bonds is 3. The molecule has 0 radical (unpaired) electrons. The Balaban J connectivity index is 1.78. The third-order valence-corrected chi connectivity index (χ3v) is 8.59. The summed E-state index contributed by atoms with van der Waals surface area (Å²) >= 11 is 0. The van der Waals surface area contributed by atoms with Crippen molar-refractivity contribution >= 4 is 0 Å². The molecule has 1 unspecified atom stereocenters. The highest BCUT2D eigenvalue weighted by atomic mass is 16.5. The predicted octanol–water partition coefficient (Wildman–Crippen LogP) is 7.66. The highest BCUT2D eigenvalue weighted by Gasteiger charge is 2.54. The number of hydrogen-bond acceptors (Lipinski definition) is 5. The first-order valence-corrected chi connectivity index (χ1v) is 13.3. The Morgan fingerprint density at radius 3 is 2.26 bits per heavy atom. The molecule has 3 aliphatic rings. The first-order chi connectivity index (χ1) is 16.4. The zero-order valence-electron chi connectivity index (χ0n) is 22.3. The molecule has 1 aromatic heterocycles. The number of aliphatic hydroxyl groups is 1. The lowest BCUT2D eigenvalue weighted by atomic mass is 9.68. The van der Waals surface area contributed by atoms with E-state index in [0.29, 0.717) is 12.1 Å². The van der Waals surface area contributed by atoms with E-state index in [4.69, 9.17) is 9.72 Å². The number of benzene rings is 1. The lowest BCUT2D eigenvalue weighted by Gasteiger charge is -2.40. The molecular formula is C30H40N2O3.